The molecular formula is C7H5ClO4. The van der Waals surface area contributed by atoms with E-state index in [4.69, 9.17) is 26.9 Å². The second kappa shape index (κ2) is 2.91. The Morgan fingerprint density at radius 1 is 1.33 bits per heavy atom. The van der Waals surface area contributed by atoms with E-state index < -0.39 is 17.5 Å². The number of aromatic hydroxyl groups is 2. The Morgan fingerprint density at radius 2 is 1.92 bits per heavy atom. The Bertz CT molecular complexity index is 311. The largest absolute Gasteiger partial charge is 0.504 e. The van der Waals surface area contributed by atoms with Crippen molar-refractivity contribution in [1.82, 2.24) is 0 Å². The van der Waals surface area contributed by atoms with Crippen molar-refractivity contribution in [2.24, 2.45) is 0 Å². The van der Waals surface area contributed by atoms with Crippen molar-refractivity contribution in [2.75, 3.05) is 0 Å². The number of aromatic carboxylic acids is 1. The maximum atomic E-state index is 10.4. The summed E-state index contributed by atoms with van der Waals surface area (Å²) < 4.78 is 0. The Kier molecular flexibility index (Phi) is 2.10. The molecule has 0 aliphatic heterocycles. The second-order valence-corrected chi connectivity index (χ2v) is 2.54. The molecule has 4 nitrogen and oxygen atoms in total. The number of phenolic OH excluding ortho intramolecular Hbond substituents is 2. The lowest BCUT2D eigenvalue weighted by atomic mass is 10.2. The minimum Gasteiger partial charge on any atom is -0.504 e. The summed E-state index contributed by atoms with van der Waals surface area (Å²) in [5.41, 5.74) is -0.171. The number of carboxylic acid groups (broad SMARTS) is 1. The highest BCUT2D eigenvalue weighted by Crippen LogP contribution is 2.33. The van der Waals surface area contributed by atoms with Crippen LogP contribution >= 0.6 is 11.6 Å². The molecule has 1 aromatic rings. The third kappa shape index (κ3) is 1.43. The van der Waals surface area contributed by atoms with Crippen molar-refractivity contribution in [1.29, 1.82) is 0 Å². The highest BCUT2D eigenvalue weighted by Gasteiger charge is 2.10. The lowest BCUT2D eigenvalue weighted by Gasteiger charge is -2.01. The van der Waals surface area contributed by atoms with Gasteiger partial charge in [0.15, 0.2) is 11.5 Å². The first-order valence-electron chi connectivity index (χ1n) is 2.97. The van der Waals surface area contributed by atoms with Gasteiger partial charge in [0.25, 0.3) is 0 Å². The van der Waals surface area contributed by atoms with Gasteiger partial charge < -0.3 is 15.3 Å². The summed E-state index contributed by atoms with van der Waals surface area (Å²) in [6, 6.07) is 1.97. The van der Waals surface area contributed by atoms with Crippen molar-refractivity contribution in [3.8, 4) is 11.5 Å². The van der Waals surface area contributed by atoms with Gasteiger partial charge >= 0.3 is 5.97 Å². The molecular weight excluding hydrogens is 184 g/mol. The molecule has 3 N–H and O–H groups in total. The standard InChI is InChI=1S/C7H5ClO4/c8-4-1-3(7(11)12)2-5(9)6(4)10/h1-2,9-10H,(H,11,12). The summed E-state index contributed by atoms with van der Waals surface area (Å²) in [5.74, 6) is -2.27. The molecule has 12 heavy (non-hydrogen) atoms. The van der Waals surface area contributed by atoms with Gasteiger partial charge in [0.2, 0.25) is 0 Å². The number of phenols is 2. The number of rotatable bonds is 1. The van der Waals surface area contributed by atoms with Crippen LogP contribution in [0, 0.1) is 0 Å². The molecule has 64 valence electrons. The third-order valence-corrected chi connectivity index (χ3v) is 1.58. The van der Waals surface area contributed by atoms with Crippen LogP contribution in [0.2, 0.25) is 5.02 Å². The Balaban J connectivity index is 3.31. The summed E-state index contributed by atoms with van der Waals surface area (Å²) in [6.45, 7) is 0. The molecule has 0 unspecified atom stereocenters. The summed E-state index contributed by atoms with van der Waals surface area (Å²) in [4.78, 5) is 10.4. The molecule has 0 spiro atoms. The van der Waals surface area contributed by atoms with E-state index in [1.807, 2.05) is 0 Å². The first-order chi connectivity index (χ1) is 5.52. The Morgan fingerprint density at radius 3 is 2.33 bits per heavy atom. The smallest absolute Gasteiger partial charge is 0.335 e. The fourth-order valence-electron chi connectivity index (χ4n) is 0.708. The summed E-state index contributed by atoms with van der Waals surface area (Å²) in [6.07, 6.45) is 0. The van der Waals surface area contributed by atoms with Crippen LogP contribution in [0.4, 0.5) is 0 Å². The molecule has 0 aromatic heterocycles. The van der Waals surface area contributed by atoms with E-state index in [1.165, 1.54) is 0 Å². The van der Waals surface area contributed by atoms with Crippen molar-refractivity contribution >= 4 is 17.6 Å². The number of benzene rings is 1. The molecule has 0 aliphatic carbocycles. The van der Waals surface area contributed by atoms with E-state index in [1.54, 1.807) is 0 Å². The minimum absolute atomic E-state index is 0.171. The van der Waals surface area contributed by atoms with Gasteiger partial charge in [0.1, 0.15) is 0 Å². The maximum absolute atomic E-state index is 10.4. The van der Waals surface area contributed by atoms with E-state index in [-0.39, 0.29) is 10.6 Å². The predicted octanol–water partition coefficient (Wildman–Crippen LogP) is 1.45. The molecule has 0 amide bonds. The zero-order valence-corrected chi connectivity index (χ0v) is 6.54. The van der Waals surface area contributed by atoms with Crippen LogP contribution in [-0.4, -0.2) is 21.3 Å². The average molecular weight is 189 g/mol. The number of carboxylic acids is 1. The van der Waals surface area contributed by atoms with Gasteiger partial charge in [-0.05, 0) is 12.1 Å². The van der Waals surface area contributed by atoms with Crippen LogP contribution in [0.1, 0.15) is 10.4 Å². The molecule has 0 saturated carbocycles. The van der Waals surface area contributed by atoms with E-state index in [0.717, 1.165) is 12.1 Å². The van der Waals surface area contributed by atoms with Gasteiger partial charge in [-0.25, -0.2) is 4.79 Å². The van der Waals surface area contributed by atoms with Crippen LogP contribution in [-0.2, 0) is 0 Å². The number of carbonyl (C=O) groups is 1. The SMILES string of the molecule is O=C(O)c1cc(O)c(O)c(Cl)c1. The second-order valence-electron chi connectivity index (χ2n) is 2.13. The quantitative estimate of drug-likeness (QED) is 0.583. The fourth-order valence-corrected chi connectivity index (χ4v) is 0.922. The van der Waals surface area contributed by atoms with Gasteiger partial charge in [0.05, 0.1) is 10.6 Å². The van der Waals surface area contributed by atoms with Crippen molar-refractivity contribution in [2.45, 2.75) is 0 Å². The van der Waals surface area contributed by atoms with Crippen LogP contribution in [0.3, 0.4) is 0 Å². The van der Waals surface area contributed by atoms with Gasteiger partial charge in [-0.2, -0.15) is 0 Å². The molecule has 1 rings (SSSR count). The maximum Gasteiger partial charge on any atom is 0.335 e. The van der Waals surface area contributed by atoms with E-state index in [2.05, 4.69) is 0 Å². The molecule has 0 atom stereocenters. The van der Waals surface area contributed by atoms with Gasteiger partial charge in [-0.15, -0.1) is 0 Å². The summed E-state index contributed by atoms with van der Waals surface area (Å²) >= 11 is 5.39. The molecule has 0 fully saturated rings. The van der Waals surface area contributed by atoms with E-state index in [9.17, 15) is 4.79 Å². The normalized spacial score (nSPS) is 9.75. The van der Waals surface area contributed by atoms with Crippen LogP contribution in [0.5, 0.6) is 11.5 Å². The molecule has 0 saturated heterocycles. The first kappa shape index (κ1) is 8.67. The lowest BCUT2D eigenvalue weighted by Crippen LogP contribution is -1.95. The molecule has 0 radical (unpaired) electrons. The van der Waals surface area contributed by atoms with Crippen molar-refractivity contribution in [3.05, 3.63) is 22.7 Å². The third-order valence-electron chi connectivity index (χ3n) is 1.29. The minimum atomic E-state index is -1.22. The van der Waals surface area contributed by atoms with Crippen LogP contribution < -0.4 is 0 Å². The molecule has 5 heteroatoms. The van der Waals surface area contributed by atoms with E-state index in [0.29, 0.717) is 0 Å². The molecule has 0 heterocycles. The van der Waals surface area contributed by atoms with Crippen molar-refractivity contribution in [3.63, 3.8) is 0 Å². The Hall–Kier alpha value is -1.42. The first-order valence-corrected chi connectivity index (χ1v) is 3.35. The van der Waals surface area contributed by atoms with Gasteiger partial charge in [-0.3, -0.25) is 0 Å². The molecule has 0 bridgehead atoms. The summed E-state index contributed by atoms with van der Waals surface area (Å²) in [5, 5.41) is 26.2. The van der Waals surface area contributed by atoms with Gasteiger partial charge in [-0.1, -0.05) is 11.6 Å². The average Bonchev–Trinajstić information content (AvgIpc) is 1.99. The monoisotopic (exact) mass is 188 g/mol. The van der Waals surface area contributed by atoms with Crippen molar-refractivity contribution < 1.29 is 20.1 Å². The zero-order valence-electron chi connectivity index (χ0n) is 5.78. The fraction of sp³-hybridized carbons (Fsp3) is 0. The molecule has 0 aliphatic rings. The highest BCUT2D eigenvalue weighted by molar-refractivity contribution is 6.32. The lowest BCUT2D eigenvalue weighted by molar-refractivity contribution is 0.0696. The Labute approximate surface area is 72.6 Å². The molecule has 1 aromatic carbocycles. The number of hydrogen-bond acceptors (Lipinski definition) is 3. The topological polar surface area (TPSA) is 77.8 Å². The highest BCUT2D eigenvalue weighted by atomic mass is 35.5. The number of hydrogen-bond donors (Lipinski definition) is 3. The zero-order chi connectivity index (χ0) is 9.30. The van der Waals surface area contributed by atoms with E-state index >= 15 is 0 Å². The van der Waals surface area contributed by atoms with Gasteiger partial charge in [0, 0.05) is 0 Å². The number of halogens is 1. The summed E-state index contributed by atoms with van der Waals surface area (Å²) in [7, 11) is 0. The predicted molar refractivity (Wildman–Crippen MR) is 41.7 cm³/mol. The van der Waals surface area contributed by atoms with Crippen LogP contribution in [0.15, 0.2) is 12.1 Å². The van der Waals surface area contributed by atoms with Crippen LogP contribution in [0.25, 0.3) is 0 Å².